The molecule has 0 unspecified atom stereocenters. The van der Waals surface area contributed by atoms with E-state index in [1.807, 2.05) is 25.2 Å². The third-order valence-electron chi connectivity index (χ3n) is 2.27. The monoisotopic (exact) mass is 282 g/mol. The summed E-state index contributed by atoms with van der Waals surface area (Å²) in [7, 11) is 9.66. The van der Waals surface area contributed by atoms with Gasteiger partial charge in [-0.15, -0.1) is 0 Å². The van der Waals surface area contributed by atoms with Gasteiger partial charge in [-0.05, 0) is 18.4 Å². The maximum absolute atomic E-state index is 11.7. The summed E-state index contributed by atoms with van der Waals surface area (Å²) in [6, 6.07) is 0. The molecule has 6 heteroatoms. The molecule has 0 saturated carbocycles. The largest absolute Gasteiger partial charge is 0.465 e. The molecule has 0 bridgehead atoms. The van der Waals surface area contributed by atoms with E-state index in [0.717, 1.165) is 0 Å². The number of likely N-dealkylation sites (N-methyl/N-ethyl adjacent to an activating group) is 1. The highest BCUT2D eigenvalue weighted by atomic mass is 16.5. The molecule has 0 aliphatic heterocycles. The van der Waals surface area contributed by atoms with Crippen LogP contribution in [0.25, 0.3) is 0 Å². The second-order valence-electron chi connectivity index (χ2n) is 4.30. The number of methoxy groups -OCH3 is 2. The Balaban J connectivity index is 5.60. The van der Waals surface area contributed by atoms with Gasteiger partial charge in [0, 0.05) is 28.2 Å². The predicted molar refractivity (Wildman–Crippen MR) is 76.7 cm³/mol. The molecule has 0 amide bonds. The van der Waals surface area contributed by atoms with E-state index in [4.69, 9.17) is 0 Å². The lowest BCUT2D eigenvalue weighted by Gasteiger charge is -2.17. The zero-order valence-corrected chi connectivity index (χ0v) is 12.8. The zero-order valence-electron chi connectivity index (χ0n) is 12.8. The first-order valence-electron chi connectivity index (χ1n) is 5.94. The van der Waals surface area contributed by atoms with Crippen LogP contribution in [0.5, 0.6) is 0 Å². The lowest BCUT2D eigenvalue weighted by Crippen LogP contribution is -2.23. The van der Waals surface area contributed by atoms with E-state index in [9.17, 15) is 9.59 Å². The molecule has 6 nitrogen and oxygen atoms in total. The van der Waals surface area contributed by atoms with Gasteiger partial charge in [-0.25, -0.2) is 9.59 Å². The van der Waals surface area contributed by atoms with Crippen LogP contribution in [0.2, 0.25) is 0 Å². The average Bonchev–Trinajstić information content (AvgIpc) is 2.40. The fraction of sp³-hybridized carbons (Fsp3) is 0.429. The van der Waals surface area contributed by atoms with E-state index in [-0.39, 0.29) is 5.57 Å². The summed E-state index contributed by atoms with van der Waals surface area (Å²) in [5.41, 5.74) is 0.265. The van der Waals surface area contributed by atoms with Crippen LogP contribution in [-0.2, 0) is 19.1 Å². The van der Waals surface area contributed by atoms with Crippen molar-refractivity contribution in [1.29, 1.82) is 0 Å². The van der Waals surface area contributed by atoms with E-state index in [2.05, 4.69) is 9.47 Å². The molecule has 0 fully saturated rings. The van der Waals surface area contributed by atoms with Gasteiger partial charge in [0.1, 0.15) is 0 Å². The molecule has 0 saturated heterocycles. The molecule has 0 N–H and O–H groups in total. The number of carbonyl (C=O) groups is 2. The van der Waals surface area contributed by atoms with Crippen molar-refractivity contribution in [3.8, 4) is 0 Å². The number of hydrogen-bond acceptors (Lipinski definition) is 6. The van der Waals surface area contributed by atoms with E-state index < -0.39 is 11.9 Å². The summed E-state index contributed by atoms with van der Waals surface area (Å²) < 4.78 is 9.25. The molecule has 0 atom stereocenters. The quantitative estimate of drug-likeness (QED) is 0.236. The van der Waals surface area contributed by atoms with Gasteiger partial charge in [0.05, 0.1) is 19.9 Å². The van der Waals surface area contributed by atoms with Crippen LogP contribution in [0.4, 0.5) is 0 Å². The normalized spacial score (nSPS) is 10.5. The maximum Gasteiger partial charge on any atom is 0.347 e. The van der Waals surface area contributed by atoms with Gasteiger partial charge >= 0.3 is 11.9 Å². The van der Waals surface area contributed by atoms with Crippen molar-refractivity contribution in [3.63, 3.8) is 0 Å². The number of rotatable bonds is 6. The fourth-order valence-corrected chi connectivity index (χ4v) is 1.32. The first-order chi connectivity index (χ1) is 9.34. The molecule has 0 aliphatic rings. The van der Waals surface area contributed by atoms with Gasteiger partial charge in [0.25, 0.3) is 0 Å². The van der Waals surface area contributed by atoms with Gasteiger partial charge in [-0.1, -0.05) is 6.08 Å². The molecule has 112 valence electrons. The fourth-order valence-electron chi connectivity index (χ4n) is 1.32. The third kappa shape index (κ3) is 5.60. The number of nitrogens with zero attached hydrogens (tertiary/aromatic N) is 2. The molecule has 0 heterocycles. The summed E-state index contributed by atoms with van der Waals surface area (Å²) in [5.74, 6) is -1.47. The minimum Gasteiger partial charge on any atom is -0.465 e. The van der Waals surface area contributed by atoms with Gasteiger partial charge in [-0.3, -0.25) is 0 Å². The van der Waals surface area contributed by atoms with Gasteiger partial charge in [-0.2, -0.15) is 0 Å². The Kier molecular flexibility index (Phi) is 7.81. The van der Waals surface area contributed by atoms with Crippen LogP contribution in [-0.4, -0.2) is 64.1 Å². The van der Waals surface area contributed by atoms with Crippen LogP contribution in [0.15, 0.2) is 35.7 Å². The van der Waals surface area contributed by atoms with Crippen LogP contribution in [0, 0.1) is 0 Å². The van der Waals surface area contributed by atoms with Gasteiger partial charge in [0.15, 0.2) is 5.57 Å². The van der Waals surface area contributed by atoms with Crippen molar-refractivity contribution < 1.29 is 19.1 Å². The number of hydrogen-bond donors (Lipinski definition) is 0. The van der Waals surface area contributed by atoms with Crippen molar-refractivity contribution in [2.24, 2.45) is 0 Å². The average molecular weight is 282 g/mol. The first-order valence-corrected chi connectivity index (χ1v) is 5.94. The lowest BCUT2D eigenvalue weighted by molar-refractivity contribution is -0.144. The van der Waals surface area contributed by atoms with E-state index >= 15 is 0 Å². The Morgan fingerprint density at radius 1 is 0.900 bits per heavy atom. The van der Waals surface area contributed by atoms with E-state index in [1.54, 1.807) is 37.2 Å². The standard InChI is InChI=1S/C14H22N2O4/c1-15(2)10-8-7-9-11(16(3)4)12(13(17)19-5)14(18)20-6/h7-10H,1-6H3/b9-7+,10-8+. The molecule has 0 aromatic heterocycles. The van der Waals surface area contributed by atoms with E-state index in [1.165, 1.54) is 14.2 Å². The predicted octanol–water partition coefficient (Wildman–Crippen LogP) is 0.780. The Labute approximate surface area is 119 Å². The minimum absolute atomic E-state index is 0.144. The molecular weight excluding hydrogens is 260 g/mol. The second-order valence-corrected chi connectivity index (χ2v) is 4.30. The summed E-state index contributed by atoms with van der Waals surface area (Å²) in [5, 5.41) is 0. The maximum atomic E-state index is 11.7. The number of carbonyl (C=O) groups excluding carboxylic acids is 2. The van der Waals surface area contributed by atoms with Crippen molar-refractivity contribution in [1.82, 2.24) is 9.80 Å². The first kappa shape index (κ1) is 17.8. The third-order valence-corrected chi connectivity index (χ3v) is 2.27. The second kappa shape index (κ2) is 8.79. The summed E-state index contributed by atoms with van der Waals surface area (Å²) in [6.07, 6.45) is 6.99. The smallest absolute Gasteiger partial charge is 0.347 e. The Hall–Kier alpha value is -2.24. The number of ether oxygens (including phenoxy) is 2. The molecule has 20 heavy (non-hydrogen) atoms. The molecule has 0 radical (unpaired) electrons. The zero-order chi connectivity index (χ0) is 15.7. The van der Waals surface area contributed by atoms with Crippen molar-refractivity contribution in [2.45, 2.75) is 0 Å². The molecule has 0 aromatic carbocycles. The number of allylic oxidation sites excluding steroid dienone is 3. The molecule has 0 aromatic rings. The van der Waals surface area contributed by atoms with Gasteiger partial charge in [0.2, 0.25) is 0 Å². The Morgan fingerprint density at radius 3 is 1.75 bits per heavy atom. The Bertz CT molecular complexity index is 416. The van der Waals surface area contributed by atoms with Crippen molar-refractivity contribution in [2.75, 3.05) is 42.4 Å². The van der Waals surface area contributed by atoms with Crippen LogP contribution < -0.4 is 0 Å². The van der Waals surface area contributed by atoms with Crippen LogP contribution in [0.3, 0.4) is 0 Å². The van der Waals surface area contributed by atoms with Crippen LogP contribution >= 0.6 is 0 Å². The lowest BCUT2D eigenvalue weighted by atomic mass is 10.1. The van der Waals surface area contributed by atoms with E-state index in [0.29, 0.717) is 5.70 Å². The number of esters is 2. The molecule has 0 aliphatic carbocycles. The molecule has 0 spiro atoms. The summed E-state index contributed by atoms with van der Waals surface area (Å²) in [4.78, 5) is 27.0. The molecular formula is C14H22N2O4. The highest BCUT2D eigenvalue weighted by molar-refractivity contribution is 6.15. The topological polar surface area (TPSA) is 59.1 Å². The highest BCUT2D eigenvalue weighted by Gasteiger charge is 2.24. The summed E-state index contributed by atoms with van der Waals surface area (Å²) in [6.45, 7) is 0. The SMILES string of the molecule is COC(=O)C(C(=O)OC)=C(/C=C/C=C/N(C)C)N(C)C. The Morgan fingerprint density at radius 2 is 1.40 bits per heavy atom. The van der Waals surface area contributed by atoms with Crippen molar-refractivity contribution in [3.05, 3.63) is 35.7 Å². The van der Waals surface area contributed by atoms with Crippen LogP contribution in [0.1, 0.15) is 0 Å². The molecule has 0 rings (SSSR count). The minimum atomic E-state index is -0.734. The van der Waals surface area contributed by atoms with Gasteiger partial charge < -0.3 is 19.3 Å². The van der Waals surface area contributed by atoms with Crippen molar-refractivity contribution >= 4 is 11.9 Å². The highest BCUT2D eigenvalue weighted by Crippen LogP contribution is 2.13. The summed E-state index contributed by atoms with van der Waals surface area (Å²) >= 11 is 0.